The van der Waals surface area contributed by atoms with Crippen LogP contribution in [0.2, 0.25) is 5.02 Å². The predicted molar refractivity (Wildman–Crippen MR) is 82.8 cm³/mol. The average Bonchev–Trinajstić information content (AvgIpc) is 3.04. The molecule has 22 heavy (non-hydrogen) atoms. The molecule has 0 saturated carbocycles. The number of benzene rings is 1. The first-order valence-electron chi connectivity index (χ1n) is 6.53. The lowest BCUT2D eigenvalue weighted by atomic mass is 10.3. The van der Waals surface area contributed by atoms with Gasteiger partial charge in [0.25, 0.3) is 5.91 Å². The van der Waals surface area contributed by atoms with Crippen LogP contribution in [-0.4, -0.2) is 50.9 Å². The third kappa shape index (κ3) is 3.19. The van der Waals surface area contributed by atoms with Crippen LogP contribution in [0.5, 0.6) is 0 Å². The van der Waals surface area contributed by atoms with E-state index in [0.29, 0.717) is 40.4 Å². The lowest BCUT2D eigenvalue weighted by molar-refractivity contribution is 0.0296. The van der Waals surface area contributed by atoms with Crippen molar-refractivity contribution in [2.24, 2.45) is 0 Å². The summed E-state index contributed by atoms with van der Waals surface area (Å²) in [7, 11) is -1.50. The summed E-state index contributed by atoms with van der Waals surface area (Å²) < 4.78 is 22.0. The number of halogens is 1. The molecule has 1 amide bonds. The first-order valence-corrected chi connectivity index (χ1v) is 8.83. The van der Waals surface area contributed by atoms with Crippen molar-refractivity contribution in [2.75, 3.05) is 26.3 Å². The van der Waals surface area contributed by atoms with E-state index >= 15 is 0 Å². The van der Waals surface area contributed by atoms with Gasteiger partial charge in [0, 0.05) is 23.0 Å². The summed E-state index contributed by atoms with van der Waals surface area (Å²) in [6, 6.07) is 6.65. The Labute approximate surface area is 138 Å². The maximum Gasteiger partial charge on any atom is 0.276 e. The molecule has 6 nitrogen and oxygen atoms in total. The molecule has 2 heterocycles. The molecule has 0 aliphatic carbocycles. The Morgan fingerprint density at radius 1 is 1.27 bits per heavy atom. The van der Waals surface area contributed by atoms with E-state index in [1.165, 1.54) is 0 Å². The van der Waals surface area contributed by atoms with E-state index in [1.807, 2.05) is 0 Å². The van der Waals surface area contributed by atoms with Gasteiger partial charge in [0.05, 0.1) is 24.0 Å². The van der Waals surface area contributed by atoms with Crippen molar-refractivity contribution in [3.63, 3.8) is 0 Å². The summed E-state index contributed by atoms with van der Waals surface area (Å²) in [4.78, 5) is 14.7. The number of nitrogens with zero attached hydrogens (tertiary/aromatic N) is 3. The Balaban J connectivity index is 1.86. The zero-order valence-corrected chi connectivity index (χ0v) is 13.8. The van der Waals surface area contributed by atoms with Gasteiger partial charge in [0.1, 0.15) is 0 Å². The van der Waals surface area contributed by atoms with E-state index in [-0.39, 0.29) is 11.6 Å². The van der Waals surface area contributed by atoms with E-state index in [9.17, 15) is 9.00 Å². The molecule has 0 radical (unpaired) electrons. The molecule has 1 atom stereocenters. The lowest BCUT2D eigenvalue weighted by Crippen LogP contribution is -2.41. The third-order valence-electron chi connectivity index (χ3n) is 3.15. The van der Waals surface area contributed by atoms with E-state index in [0.717, 1.165) is 11.5 Å². The SMILES string of the molecule is O=C(c1nnsc1[S@@](=O)c1ccc(Cl)cc1)N1CCOCC1. The van der Waals surface area contributed by atoms with Crippen molar-refractivity contribution in [1.82, 2.24) is 14.5 Å². The van der Waals surface area contributed by atoms with Gasteiger partial charge in [-0.1, -0.05) is 16.1 Å². The average molecular weight is 358 g/mol. The second-order valence-electron chi connectivity index (χ2n) is 4.54. The zero-order chi connectivity index (χ0) is 15.5. The van der Waals surface area contributed by atoms with Crippen molar-refractivity contribution < 1.29 is 13.7 Å². The summed E-state index contributed by atoms with van der Waals surface area (Å²) in [5.74, 6) is -0.255. The zero-order valence-electron chi connectivity index (χ0n) is 11.4. The first kappa shape index (κ1) is 15.5. The molecule has 1 aromatic carbocycles. The van der Waals surface area contributed by atoms with Gasteiger partial charge >= 0.3 is 0 Å². The molecule has 1 aromatic heterocycles. The lowest BCUT2D eigenvalue weighted by Gasteiger charge is -2.26. The highest BCUT2D eigenvalue weighted by molar-refractivity contribution is 7.87. The summed E-state index contributed by atoms with van der Waals surface area (Å²) in [5, 5.41) is 4.44. The van der Waals surface area contributed by atoms with Crippen molar-refractivity contribution in [3.8, 4) is 0 Å². The first-order chi connectivity index (χ1) is 10.7. The van der Waals surface area contributed by atoms with Gasteiger partial charge in [-0.3, -0.25) is 4.79 Å². The van der Waals surface area contributed by atoms with E-state index < -0.39 is 10.8 Å². The fraction of sp³-hybridized carbons (Fsp3) is 0.308. The quantitative estimate of drug-likeness (QED) is 0.838. The summed E-state index contributed by atoms with van der Waals surface area (Å²) in [6.45, 7) is 2.00. The summed E-state index contributed by atoms with van der Waals surface area (Å²) >= 11 is 6.81. The van der Waals surface area contributed by atoms with Crippen LogP contribution in [0.4, 0.5) is 0 Å². The fourth-order valence-electron chi connectivity index (χ4n) is 2.02. The molecule has 2 aromatic rings. The minimum absolute atomic E-state index is 0.153. The maximum atomic E-state index is 12.6. The Morgan fingerprint density at radius 3 is 2.64 bits per heavy atom. The van der Waals surface area contributed by atoms with E-state index in [2.05, 4.69) is 9.59 Å². The summed E-state index contributed by atoms with van der Waals surface area (Å²) in [6.07, 6.45) is 0. The van der Waals surface area contributed by atoms with E-state index in [1.54, 1.807) is 29.2 Å². The molecule has 1 fully saturated rings. The molecular weight excluding hydrogens is 346 g/mol. The highest BCUT2D eigenvalue weighted by atomic mass is 35.5. The second kappa shape index (κ2) is 6.82. The van der Waals surface area contributed by atoms with Crippen LogP contribution in [0.3, 0.4) is 0 Å². The molecule has 116 valence electrons. The normalized spacial score (nSPS) is 16.5. The topological polar surface area (TPSA) is 72.4 Å². The summed E-state index contributed by atoms with van der Waals surface area (Å²) in [5.41, 5.74) is 0.153. The van der Waals surface area contributed by atoms with Crippen molar-refractivity contribution >= 4 is 39.8 Å². The molecule has 0 spiro atoms. The van der Waals surface area contributed by atoms with Crippen LogP contribution >= 0.6 is 23.1 Å². The van der Waals surface area contributed by atoms with Gasteiger partial charge in [0.15, 0.2) is 9.90 Å². The molecule has 1 saturated heterocycles. The van der Waals surface area contributed by atoms with Gasteiger partial charge in [-0.15, -0.1) is 5.10 Å². The molecule has 0 bridgehead atoms. The van der Waals surface area contributed by atoms with Gasteiger partial charge < -0.3 is 9.64 Å². The van der Waals surface area contributed by atoms with Gasteiger partial charge in [0.2, 0.25) is 0 Å². The predicted octanol–water partition coefficient (Wildman–Crippen LogP) is 1.83. The molecule has 9 heteroatoms. The Bertz CT molecular complexity index is 699. The number of hydrogen-bond donors (Lipinski definition) is 0. The van der Waals surface area contributed by atoms with Crippen LogP contribution in [0, 0.1) is 0 Å². The molecular formula is C13H12ClN3O3S2. The van der Waals surface area contributed by atoms with Crippen molar-refractivity contribution in [3.05, 3.63) is 35.0 Å². The van der Waals surface area contributed by atoms with Crippen LogP contribution in [0.1, 0.15) is 10.5 Å². The van der Waals surface area contributed by atoms with Gasteiger partial charge in [-0.2, -0.15) is 0 Å². The van der Waals surface area contributed by atoms with Crippen molar-refractivity contribution in [2.45, 2.75) is 9.10 Å². The molecule has 0 unspecified atom stereocenters. The maximum absolute atomic E-state index is 12.6. The number of aromatic nitrogens is 2. The highest BCUT2D eigenvalue weighted by Crippen LogP contribution is 2.24. The standard InChI is InChI=1S/C13H12ClN3O3S2/c14-9-1-3-10(4-2-9)22(19)13-11(15-16-21-13)12(18)17-5-7-20-8-6-17/h1-4H,5-8H2/t22-/m0/s1. The van der Waals surface area contributed by atoms with Crippen LogP contribution in [0.25, 0.3) is 0 Å². The number of carbonyl (C=O) groups is 1. The third-order valence-corrected chi connectivity index (χ3v) is 5.84. The Hall–Kier alpha value is -1.35. The highest BCUT2D eigenvalue weighted by Gasteiger charge is 2.27. The van der Waals surface area contributed by atoms with Crippen LogP contribution in [0.15, 0.2) is 33.4 Å². The molecule has 1 aliphatic rings. The smallest absolute Gasteiger partial charge is 0.276 e. The Morgan fingerprint density at radius 2 is 1.95 bits per heavy atom. The van der Waals surface area contributed by atoms with Gasteiger partial charge in [-0.25, -0.2) is 4.21 Å². The minimum Gasteiger partial charge on any atom is -0.378 e. The molecule has 0 N–H and O–H groups in total. The number of hydrogen-bond acceptors (Lipinski definition) is 6. The minimum atomic E-state index is -1.50. The monoisotopic (exact) mass is 357 g/mol. The molecule has 1 aliphatic heterocycles. The van der Waals surface area contributed by atoms with Crippen LogP contribution < -0.4 is 0 Å². The number of amides is 1. The number of carbonyl (C=O) groups excluding carboxylic acids is 1. The number of ether oxygens (including phenoxy) is 1. The molecule has 3 rings (SSSR count). The fourth-order valence-corrected chi connectivity index (χ4v) is 4.11. The Kier molecular flexibility index (Phi) is 4.82. The van der Waals surface area contributed by atoms with Crippen molar-refractivity contribution in [1.29, 1.82) is 0 Å². The number of rotatable bonds is 3. The van der Waals surface area contributed by atoms with E-state index in [4.69, 9.17) is 16.3 Å². The second-order valence-corrected chi connectivity index (χ2v) is 7.40. The largest absolute Gasteiger partial charge is 0.378 e. The number of morpholine rings is 1. The van der Waals surface area contributed by atoms with Gasteiger partial charge in [-0.05, 0) is 35.8 Å². The van der Waals surface area contributed by atoms with Crippen LogP contribution in [-0.2, 0) is 15.5 Å².